The molecule has 0 spiro atoms. The molecule has 1 fully saturated rings. The highest BCUT2D eigenvalue weighted by Crippen LogP contribution is 2.24. The standard InChI is InChI=1S/C18H26O4/c1-3-13(2)21-18(20)17(22-16-9-4-5-10-16)12-14-7-6-8-15(19)11-14/h6-8,11,13,16-17,19H,3-5,9-10,12H2,1-2H3. The fourth-order valence-corrected chi connectivity index (χ4v) is 2.70. The number of phenols is 1. The molecule has 4 nitrogen and oxygen atoms in total. The van der Waals surface area contributed by atoms with Crippen molar-refractivity contribution in [2.24, 2.45) is 0 Å². The summed E-state index contributed by atoms with van der Waals surface area (Å²) < 4.78 is 11.5. The summed E-state index contributed by atoms with van der Waals surface area (Å²) in [6.07, 6.45) is 4.99. The summed E-state index contributed by atoms with van der Waals surface area (Å²) in [5, 5.41) is 9.58. The number of aromatic hydroxyl groups is 1. The Hall–Kier alpha value is -1.55. The molecule has 1 aromatic rings. The van der Waals surface area contributed by atoms with Crippen LogP contribution >= 0.6 is 0 Å². The third-order valence-electron chi connectivity index (χ3n) is 4.15. The normalized spacial score (nSPS) is 18.1. The predicted molar refractivity (Wildman–Crippen MR) is 84.8 cm³/mol. The van der Waals surface area contributed by atoms with Crippen molar-refractivity contribution in [3.63, 3.8) is 0 Å². The fraction of sp³-hybridized carbons (Fsp3) is 0.611. The molecular weight excluding hydrogens is 280 g/mol. The van der Waals surface area contributed by atoms with Gasteiger partial charge in [-0.05, 0) is 43.9 Å². The molecule has 0 aromatic heterocycles. The van der Waals surface area contributed by atoms with Gasteiger partial charge in [0.1, 0.15) is 5.75 Å². The largest absolute Gasteiger partial charge is 0.508 e. The summed E-state index contributed by atoms with van der Waals surface area (Å²) in [6.45, 7) is 3.87. The molecule has 122 valence electrons. The molecule has 22 heavy (non-hydrogen) atoms. The summed E-state index contributed by atoms with van der Waals surface area (Å²) in [6, 6.07) is 6.95. The molecular formula is C18H26O4. The van der Waals surface area contributed by atoms with E-state index in [1.807, 2.05) is 19.9 Å². The molecule has 1 aromatic carbocycles. The van der Waals surface area contributed by atoms with Crippen LogP contribution in [0.2, 0.25) is 0 Å². The van der Waals surface area contributed by atoms with E-state index in [2.05, 4.69) is 0 Å². The van der Waals surface area contributed by atoms with E-state index in [0.717, 1.165) is 37.7 Å². The second kappa shape index (κ2) is 8.18. The maximum Gasteiger partial charge on any atom is 0.335 e. The lowest BCUT2D eigenvalue weighted by atomic mass is 10.1. The van der Waals surface area contributed by atoms with Crippen LogP contribution in [-0.2, 0) is 20.7 Å². The van der Waals surface area contributed by atoms with Gasteiger partial charge in [-0.1, -0.05) is 31.9 Å². The van der Waals surface area contributed by atoms with Crippen molar-refractivity contribution >= 4 is 5.97 Å². The summed E-state index contributed by atoms with van der Waals surface area (Å²) in [5.41, 5.74) is 0.879. The third-order valence-corrected chi connectivity index (χ3v) is 4.15. The minimum Gasteiger partial charge on any atom is -0.508 e. The molecule has 0 amide bonds. The Balaban J connectivity index is 2.04. The van der Waals surface area contributed by atoms with Crippen molar-refractivity contribution in [3.8, 4) is 5.75 Å². The van der Waals surface area contributed by atoms with E-state index in [1.165, 1.54) is 0 Å². The lowest BCUT2D eigenvalue weighted by Gasteiger charge is -2.22. The van der Waals surface area contributed by atoms with Crippen LogP contribution in [0.15, 0.2) is 24.3 Å². The highest BCUT2D eigenvalue weighted by molar-refractivity contribution is 5.75. The Morgan fingerprint density at radius 2 is 2.09 bits per heavy atom. The average Bonchev–Trinajstić information content (AvgIpc) is 2.99. The minimum absolute atomic E-state index is 0.105. The van der Waals surface area contributed by atoms with Gasteiger partial charge in [0.05, 0.1) is 12.2 Å². The van der Waals surface area contributed by atoms with Gasteiger partial charge in [0.25, 0.3) is 0 Å². The Kier molecular flexibility index (Phi) is 6.25. The molecule has 0 bridgehead atoms. The zero-order valence-corrected chi connectivity index (χ0v) is 13.5. The van der Waals surface area contributed by atoms with Gasteiger partial charge < -0.3 is 14.6 Å². The highest BCUT2D eigenvalue weighted by Gasteiger charge is 2.28. The summed E-state index contributed by atoms with van der Waals surface area (Å²) in [5.74, 6) is -0.1000. The fourth-order valence-electron chi connectivity index (χ4n) is 2.70. The second-order valence-corrected chi connectivity index (χ2v) is 6.06. The molecule has 0 saturated heterocycles. The molecule has 4 heteroatoms. The van der Waals surface area contributed by atoms with E-state index in [4.69, 9.17) is 9.47 Å². The number of phenolic OH excluding ortho intramolecular Hbond substituents is 1. The number of carbonyl (C=O) groups is 1. The number of benzene rings is 1. The van der Waals surface area contributed by atoms with Crippen molar-refractivity contribution in [2.45, 2.75) is 70.7 Å². The summed E-state index contributed by atoms with van der Waals surface area (Å²) in [7, 11) is 0. The van der Waals surface area contributed by atoms with Crippen molar-refractivity contribution < 1.29 is 19.4 Å². The van der Waals surface area contributed by atoms with E-state index < -0.39 is 6.10 Å². The van der Waals surface area contributed by atoms with Gasteiger partial charge in [-0.3, -0.25) is 0 Å². The topological polar surface area (TPSA) is 55.8 Å². The average molecular weight is 306 g/mol. The zero-order valence-electron chi connectivity index (χ0n) is 13.5. The van der Waals surface area contributed by atoms with Crippen LogP contribution in [0.1, 0.15) is 51.5 Å². The maximum absolute atomic E-state index is 12.4. The van der Waals surface area contributed by atoms with Gasteiger partial charge in [0, 0.05) is 6.42 Å². The molecule has 1 aliphatic carbocycles. The first kappa shape index (κ1) is 16.8. The molecule has 2 unspecified atom stereocenters. The minimum atomic E-state index is -0.598. The SMILES string of the molecule is CCC(C)OC(=O)C(Cc1cccc(O)c1)OC1CCCC1. The van der Waals surface area contributed by atoms with Gasteiger partial charge in [-0.15, -0.1) is 0 Å². The van der Waals surface area contributed by atoms with Crippen LogP contribution < -0.4 is 0 Å². The Morgan fingerprint density at radius 1 is 1.36 bits per heavy atom. The van der Waals surface area contributed by atoms with Gasteiger partial charge in [-0.2, -0.15) is 0 Å². The number of ether oxygens (including phenoxy) is 2. The molecule has 0 heterocycles. The van der Waals surface area contributed by atoms with Crippen molar-refractivity contribution in [1.29, 1.82) is 0 Å². The number of esters is 1. The van der Waals surface area contributed by atoms with E-state index in [-0.39, 0.29) is 23.9 Å². The van der Waals surface area contributed by atoms with Crippen LogP contribution in [0, 0.1) is 0 Å². The molecule has 2 rings (SSSR count). The van der Waals surface area contributed by atoms with Gasteiger partial charge in [0.15, 0.2) is 6.10 Å². The lowest BCUT2D eigenvalue weighted by molar-refractivity contribution is -0.165. The molecule has 1 aliphatic rings. The van der Waals surface area contributed by atoms with Crippen LogP contribution in [0.3, 0.4) is 0 Å². The lowest BCUT2D eigenvalue weighted by Crippen LogP contribution is -2.34. The first-order valence-corrected chi connectivity index (χ1v) is 8.22. The summed E-state index contributed by atoms with van der Waals surface area (Å²) in [4.78, 5) is 12.4. The first-order valence-electron chi connectivity index (χ1n) is 8.22. The van der Waals surface area contributed by atoms with Crippen LogP contribution in [0.5, 0.6) is 5.75 Å². The monoisotopic (exact) mass is 306 g/mol. The third kappa shape index (κ3) is 5.02. The molecule has 1 N–H and O–H groups in total. The quantitative estimate of drug-likeness (QED) is 0.782. The van der Waals surface area contributed by atoms with Crippen molar-refractivity contribution in [1.82, 2.24) is 0 Å². The van der Waals surface area contributed by atoms with Crippen LogP contribution in [0.25, 0.3) is 0 Å². The number of hydrogen-bond acceptors (Lipinski definition) is 4. The van der Waals surface area contributed by atoms with Crippen molar-refractivity contribution in [3.05, 3.63) is 29.8 Å². The predicted octanol–water partition coefficient (Wildman–Crippen LogP) is 3.60. The van der Waals surface area contributed by atoms with Crippen molar-refractivity contribution in [2.75, 3.05) is 0 Å². The summed E-state index contributed by atoms with van der Waals surface area (Å²) >= 11 is 0. The van der Waals surface area contributed by atoms with Gasteiger partial charge in [-0.25, -0.2) is 4.79 Å². The molecule has 2 atom stereocenters. The number of carbonyl (C=O) groups excluding carboxylic acids is 1. The zero-order chi connectivity index (χ0) is 15.9. The Labute approximate surface area is 132 Å². The molecule has 1 saturated carbocycles. The highest BCUT2D eigenvalue weighted by atomic mass is 16.6. The van der Waals surface area contributed by atoms with E-state index in [1.54, 1.807) is 18.2 Å². The van der Waals surface area contributed by atoms with Crippen LogP contribution in [-0.4, -0.2) is 29.4 Å². The number of hydrogen-bond donors (Lipinski definition) is 1. The second-order valence-electron chi connectivity index (χ2n) is 6.06. The maximum atomic E-state index is 12.4. The Morgan fingerprint density at radius 3 is 2.73 bits per heavy atom. The molecule has 0 aliphatic heterocycles. The van der Waals surface area contributed by atoms with Gasteiger partial charge >= 0.3 is 5.97 Å². The van der Waals surface area contributed by atoms with Gasteiger partial charge in [0.2, 0.25) is 0 Å². The van der Waals surface area contributed by atoms with E-state index in [9.17, 15) is 9.90 Å². The first-order chi connectivity index (χ1) is 10.6. The number of rotatable bonds is 7. The molecule has 0 radical (unpaired) electrons. The van der Waals surface area contributed by atoms with Crippen LogP contribution in [0.4, 0.5) is 0 Å². The van der Waals surface area contributed by atoms with E-state index >= 15 is 0 Å². The smallest absolute Gasteiger partial charge is 0.335 e. The Bertz CT molecular complexity index is 480. The van der Waals surface area contributed by atoms with E-state index in [0.29, 0.717) is 6.42 Å².